The Hall–Kier alpha value is -3.50. The van der Waals surface area contributed by atoms with Crippen molar-refractivity contribution in [3.63, 3.8) is 0 Å². The van der Waals surface area contributed by atoms with E-state index < -0.39 is 29.5 Å². The standard InChI is InChI=1S/C27H32ClFN4O5/c1-3-5-16(17-6-8-21(27(36)37)23(30)12-17)13-25(34)33-15-24(32-38-4-2)31-14-19(26(33)35)10-18-11-20(28)7-9-22(18)29/h6-9,11-12,16,19H,3-5,10,13-15,30H2,1-2H3,(H,31,32)(H,36,37)/t16-,19?/m0/s1. The Labute approximate surface area is 225 Å². The number of nitrogen functional groups attached to an aromatic ring is 1. The summed E-state index contributed by atoms with van der Waals surface area (Å²) in [6, 6.07) is 8.76. The van der Waals surface area contributed by atoms with Gasteiger partial charge in [0.25, 0.3) is 0 Å². The Morgan fingerprint density at radius 2 is 2.05 bits per heavy atom. The lowest BCUT2D eigenvalue weighted by atomic mass is 9.89. The lowest BCUT2D eigenvalue weighted by molar-refractivity contribution is -0.146. The molecule has 0 fully saturated rings. The molecular formula is C27H32ClFN4O5. The number of hydrogen-bond donors (Lipinski definition) is 3. The number of aromatic carboxylic acids is 1. The number of halogens is 2. The molecule has 3 rings (SSSR count). The lowest BCUT2D eigenvalue weighted by Gasteiger charge is -2.26. The van der Waals surface area contributed by atoms with E-state index in [1.54, 1.807) is 19.1 Å². The van der Waals surface area contributed by atoms with Gasteiger partial charge in [0.2, 0.25) is 11.8 Å². The van der Waals surface area contributed by atoms with Crippen molar-refractivity contribution in [2.24, 2.45) is 10.9 Å². The second-order valence-electron chi connectivity index (χ2n) is 9.12. The summed E-state index contributed by atoms with van der Waals surface area (Å²) in [7, 11) is 0. The molecule has 2 atom stereocenters. The van der Waals surface area contributed by atoms with Gasteiger partial charge in [0, 0.05) is 17.1 Å². The SMILES string of the molecule is CCC[C@@H](CC(=O)N1CC(NOCC)=NCC(Cc2cc(Cl)ccc2F)C1=O)c1ccc(C(=O)O)c(N)c1. The summed E-state index contributed by atoms with van der Waals surface area (Å²) in [5.74, 6) is -3.30. The highest BCUT2D eigenvalue weighted by Gasteiger charge is 2.34. The van der Waals surface area contributed by atoms with E-state index in [9.17, 15) is 23.9 Å². The van der Waals surface area contributed by atoms with Gasteiger partial charge in [-0.15, -0.1) is 0 Å². The number of carbonyl (C=O) groups is 3. The van der Waals surface area contributed by atoms with E-state index >= 15 is 0 Å². The number of carbonyl (C=O) groups excluding carboxylic acids is 2. The summed E-state index contributed by atoms with van der Waals surface area (Å²) >= 11 is 6.03. The third-order valence-corrected chi connectivity index (χ3v) is 6.61. The van der Waals surface area contributed by atoms with Gasteiger partial charge in [-0.3, -0.25) is 29.8 Å². The molecule has 0 bridgehead atoms. The topological polar surface area (TPSA) is 134 Å². The molecule has 1 aliphatic heterocycles. The third kappa shape index (κ3) is 7.29. The molecule has 2 amide bonds. The lowest BCUT2D eigenvalue weighted by Crippen LogP contribution is -2.45. The molecule has 1 heterocycles. The molecule has 0 saturated heterocycles. The van der Waals surface area contributed by atoms with E-state index in [0.717, 1.165) is 11.3 Å². The highest BCUT2D eigenvalue weighted by Crippen LogP contribution is 2.30. The first kappa shape index (κ1) is 29.1. The summed E-state index contributed by atoms with van der Waals surface area (Å²) in [6.45, 7) is 4.00. The molecule has 204 valence electrons. The maximum absolute atomic E-state index is 14.4. The number of amidine groups is 1. The fourth-order valence-corrected chi connectivity index (χ4v) is 4.63. The monoisotopic (exact) mass is 546 g/mol. The van der Waals surface area contributed by atoms with Gasteiger partial charge >= 0.3 is 5.97 Å². The number of imide groups is 1. The van der Waals surface area contributed by atoms with Crippen LogP contribution in [0.15, 0.2) is 41.4 Å². The molecule has 0 saturated carbocycles. The number of carboxylic acids is 1. The van der Waals surface area contributed by atoms with Crippen LogP contribution in [0.2, 0.25) is 5.02 Å². The summed E-state index contributed by atoms with van der Waals surface area (Å²) in [6.07, 6.45) is 1.38. The summed E-state index contributed by atoms with van der Waals surface area (Å²) in [5, 5.41) is 9.62. The largest absolute Gasteiger partial charge is 0.478 e. The van der Waals surface area contributed by atoms with Crippen molar-refractivity contribution >= 4 is 40.9 Å². The predicted octanol–water partition coefficient (Wildman–Crippen LogP) is 4.20. The number of nitrogens with two attached hydrogens (primary N) is 1. The number of aliphatic imine (C=N–C) groups is 1. The molecule has 0 radical (unpaired) electrons. The average Bonchev–Trinajstić information content (AvgIpc) is 3.03. The van der Waals surface area contributed by atoms with Gasteiger partial charge in [-0.1, -0.05) is 31.0 Å². The molecule has 2 aromatic carbocycles. The number of nitrogens with one attached hydrogen (secondary N) is 1. The molecule has 0 aliphatic carbocycles. The van der Waals surface area contributed by atoms with Gasteiger partial charge in [0.05, 0.1) is 31.2 Å². The second kappa shape index (κ2) is 13.3. The molecule has 1 aliphatic rings. The van der Waals surface area contributed by atoms with Gasteiger partial charge in [-0.2, -0.15) is 0 Å². The van der Waals surface area contributed by atoms with E-state index in [-0.39, 0.29) is 48.7 Å². The summed E-state index contributed by atoms with van der Waals surface area (Å²) in [5.41, 5.74) is 9.70. The van der Waals surface area contributed by atoms with Gasteiger partial charge in [-0.25, -0.2) is 9.18 Å². The number of hydroxylamine groups is 1. The van der Waals surface area contributed by atoms with Crippen LogP contribution in [0.3, 0.4) is 0 Å². The zero-order valence-electron chi connectivity index (χ0n) is 21.4. The van der Waals surface area contributed by atoms with Gasteiger partial charge in [0.1, 0.15) is 11.7 Å². The van der Waals surface area contributed by atoms with Crippen molar-refractivity contribution < 1.29 is 28.7 Å². The minimum Gasteiger partial charge on any atom is -0.478 e. The van der Waals surface area contributed by atoms with Crippen LogP contribution in [-0.2, 0) is 20.8 Å². The number of nitrogens with zero attached hydrogens (tertiary/aromatic N) is 2. The van der Waals surface area contributed by atoms with Crippen molar-refractivity contribution in [1.82, 2.24) is 10.4 Å². The van der Waals surface area contributed by atoms with Gasteiger partial charge in [-0.05, 0) is 67.1 Å². The molecule has 38 heavy (non-hydrogen) atoms. The van der Waals surface area contributed by atoms with Crippen molar-refractivity contribution in [2.45, 2.75) is 45.4 Å². The maximum atomic E-state index is 14.4. The molecule has 2 aromatic rings. The number of benzene rings is 2. The van der Waals surface area contributed by atoms with Crippen molar-refractivity contribution in [1.29, 1.82) is 0 Å². The van der Waals surface area contributed by atoms with E-state index in [2.05, 4.69) is 10.5 Å². The Kier molecular flexibility index (Phi) is 10.2. The minimum absolute atomic E-state index is 0.00833. The van der Waals surface area contributed by atoms with Crippen LogP contribution in [0.4, 0.5) is 10.1 Å². The van der Waals surface area contributed by atoms with Crippen molar-refractivity contribution in [3.8, 4) is 0 Å². The first-order valence-corrected chi connectivity index (χ1v) is 12.8. The van der Waals surface area contributed by atoms with E-state index in [1.165, 1.54) is 24.3 Å². The molecule has 4 N–H and O–H groups in total. The van der Waals surface area contributed by atoms with Crippen LogP contribution in [0.1, 0.15) is 60.5 Å². The Balaban J connectivity index is 1.88. The smallest absolute Gasteiger partial charge is 0.337 e. The highest BCUT2D eigenvalue weighted by atomic mass is 35.5. The minimum atomic E-state index is -1.14. The predicted molar refractivity (Wildman–Crippen MR) is 142 cm³/mol. The number of hydrogen-bond acceptors (Lipinski definition) is 7. The highest BCUT2D eigenvalue weighted by molar-refractivity contribution is 6.30. The van der Waals surface area contributed by atoms with Crippen LogP contribution < -0.4 is 11.2 Å². The normalized spacial score (nSPS) is 16.5. The number of rotatable bonds is 10. The number of carboxylic acid groups (broad SMARTS) is 1. The van der Waals surface area contributed by atoms with E-state index in [1.807, 2.05) is 6.92 Å². The van der Waals surface area contributed by atoms with Crippen LogP contribution in [0, 0.1) is 11.7 Å². The quantitative estimate of drug-likeness (QED) is 0.300. The Morgan fingerprint density at radius 1 is 1.29 bits per heavy atom. The average molecular weight is 547 g/mol. The van der Waals surface area contributed by atoms with Crippen LogP contribution in [0.5, 0.6) is 0 Å². The molecule has 1 unspecified atom stereocenters. The zero-order valence-corrected chi connectivity index (χ0v) is 22.1. The zero-order chi connectivity index (χ0) is 27.8. The molecule has 11 heteroatoms. The molecular weight excluding hydrogens is 515 g/mol. The first-order valence-electron chi connectivity index (χ1n) is 12.5. The first-order chi connectivity index (χ1) is 18.1. The number of amides is 2. The van der Waals surface area contributed by atoms with Crippen molar-refractivity contribution in [3.05, 3.63) is 63.9 Å². The van der Waals surface area contributed by atoms with Gasteiger partial charge < -0.3 is 10.8 Å². The van der Waals surface area contributed by atoms with Crippen LogP contribution in [-0.4, -0.2) is 53.3 Å². The third-order valence-electron chi connectivity index (χ3n) is 6.37. The van der Waals surface area contributed by atoms with Gasteiger partial charge in [0.15, 0.2) is 0 Å². The fourth-order valence-electron chi connectivity index (χ4n) is 4.43. The summed E-state index contributed by atoms with van der Waals surface area (Å²) in [4.78, 5) is 49.3. The molecule has 0 aromatic heterocycles. The molecule has 0 spiro atoms. The number of anilines is 1. The Morgan fingerprint density at radius 3 is 2.71 bits per heavy atom. The fraction of sp³-hybridized carbons (Fsp3) is 0.407. The van der Waals surface area contributed by atoms with E-state index in [4.69, 9.17) is 22.2 Å². The second-order valence-corrected chi connectivity index (χ2v) is 9.56. The molecule has 9 nitrogen and oxygen atoms in total. The maximum Gasteiger partial charge on any atom is 0.337 e. The Bertz CT molecular complexity index is 1220. The van der Waals surface area contributed by atoms with E-state index in [0.29, 0.717) is 29.4 Å². The van der Waals surface area contributed by atoms with Crippen molar-refractivity contribution in [2.75, 3.05) is 25.4 Å². The van der Waals surface area contributed by atoms with Crippen LogP contribution >= 0.6 is 11.6 Å². The van der Waals surface area contributed by atoms with Crippen LogP contribution in [0.25, 0.3) is 0 Å². The summed E-state index contributed by atoms with van der Waals surface area (Å²) < 4.78 is 14.4.